The van der Waals surface area contributed by atoms with Crippen LogP contribution in [0.2, 0.25) is 0 Å². The Balaban J connectivity index is 1.84. The lowest BCUT2D eigenvalue weighted by molar-refractivity contribution is 0.0690. The minimum absolute atomic E-state index is 0.0402. The van der Waals surface area contributed by atoms with Gasteiger partial charge in [-0.1, -0.05) is 19.3 Å². The lowest BCUT2D eigenvalue weighted by Gasteiger charge is -2.22. The van der Waals surface area contributed by atoms with E-state index >= 15 is 0 Å². The lowest BCUT2D eigenvalue weighted by atomic mass is 9.90. The molecule has 1 N–H and O–H groups in total. The number of ketones is 1. The van der Waals surface area contributed by atoms with Crippen LogP contribution in [0, 0.1) is 5.92 Å². The first-order valence-corrected chi connectivity index (χ1v) is 8.35. The van der Waals surface area contributed by atoms with Crippen molar-refractivity contribution in [1.82, 2.24) is 0 Å². The molecule has 0 radical (unpaired) electrons. The summed E-state index contributed by atoms with van der Waals surface area (Å²) in [5, 5.41) is 9.43. The zero-order valence-corrected chi connectivity index (χ0v) is 13.2. The van der Waals surface area contributed by atoms with E-state index in [0.717, 1.165) is 12.8 Å². The molecule has 1 aliphatic carbocycles. The Labute approximate surface area is 135 Å². The molecule has 1 heterocycles. The van der Waals surface area contributed by atoms with Crippen LogP contribution < -0.4 is 9.47 Å². The van der Waals surface area contributed by atoms with Crippen molar-refractivity contribution in [3.05, 3.63) is 23.3 Å². The standard InChI is InChI=1S/C18H22O5/c19-15-7-4-8-22-16-10-17(14(18(20)21)9-13(15)16)23-11-12-5-2-1-3-6-12/h9-10,12H,1-8,11H2,(H,20,21). The monoisotopic (exact) mass is 318 g/mol. The molecule has 124 valence electrons. The molecule has 5 nitrogen and oxygen atoms in total. The third-order valence-electron chi connectivity index (χ3n) is 4.62. The van der Waals surface area contributed by atoms with Gasteiger partial charge in [0.05, 0.1) is 18.8 Å². The number of Topliss-reactive ketones (excluding diaryl/α,β-unsaturated/α-hetero) is 1. The summed E-state index contributed by atoms with van der Waals surface area (Å²) in [5.41, 5.74) is 0.392. The first-order valence-electron chi connectivity index (χ1n) is 8.35. The third-order valence-corrected chi connectivity index (χ3v) is 4.62. The van der Waals surface area contributed by atoms with Gasteiger partial charge in [0.1, 0.15) is 17.1 Å². The molecule has 0 spiro atoms. The lowest BCUT2D eigenvalue weighted by Crippen LogP contribution is -2.16. The normalized spacial score (nSPS) is 18.7. The second kappa shape index (κ2) is 7.02. The molecule has 1 saturated carbocycles. The maximum absolute atomic E-state index is 12.1. The first kappa shape index (κ1) is 15.8. The third kappa shape index (κ3) is 3.66. The molecule has 1 fully saturated rings. The highest BCUT2D eigenvalue weighted by Gasteiger charge is 2.24. The van der Waals surface area contributed by atoms with Crippen LogP contribution in [0.15, 0.2) is 12.1 Å². The number of ether oxygens (including phenoxy) is 2. The van der Waals surface area contributed by atoms with Crippen molar-refractivity contribution < 1.29 is 24.2 Å². The van der Waals surface area contributed by atoms with Gasteiger partial charge < -0.3 is 14.6 Å². The Morgan fingerprint density at radius 2 is 2.00 bits per heavy atom. The van der Waals surface area contributed by atoms with E-state index < -0.39 is 5.97 Å². The van der Waals surface area contributed by atoms with Crippen LogP contribution in [0.3, 0.4) is 0 Å². The summed E-state index contributed by atoms with van der Waals surface area (Å²) in [5.74, 6) is 0.0711. The van der Waals surface area contributed by atoms with Crippen LogP contribution in [0.1, 0.15) is 65.7 Å². The van der Waals surface area contributed by atoms with Crippen molar-refractivity contribution in [2.75, 3.05) is 13.2 Å². The number of benzene rings is 1. The number of aromatic carboxylic acids is 1. The molecule has 5 heteroatoms. The van der Waals surface area contributed by atoms with Gasteiger partial charge in [-0.25, -0.2) is 4.79 Å². The van der Waals surface area contributed by atoms with Crippen LogP contribution in [-0.2, 0) is 0 Å². The minimum atomic E-state index is -1.08. The molecule has 0 amide bonds. The number of hydrogen-bond donors (Lipinski definition) is 1. The number of carboxylic acid groups (broad SMARTS) is 1. The molecule has 0 atom stereocenters. The predicted octanol–water partition coefficient (Wildman–Crippen LogP) is 3.70. The van der Waals surface area contributed by atoms with E-state index in [1.165, 1.54) is 25.3 Å². The summed E-state index contributed by atoms with van der Waals surface area (Å²) in [4.78, 5) is 23.6. The van der Waals surface area contributed by atoms with Gasteiger partial charge in [0.15, 0.2) is 5.78 Å². The molecule has 1 aromatic carbocycles. The fraction of sp³-hybridized carbons (Fsp3) is 0.556. The molecule has 0 aromatic heterocycles. The summed E-state index contributed by atoms with van der Waals surface area (Å²) in [6.07, 6.45) is 6.97. The zero-order chi connectivity index (χ0) is 16.2. The maximum Gasteiger partial charge on any atom is 0.339 e. The fourth-order valence-electron chi connectivity index (χ4n) is 3.30. The number of rotatable bonds is 4. The van der Waals surface area contributed by atoms with Gasteiger partial charge in [-0.15, -0.1) is 0 Å². The summed E-state index contributed by atoms with van der Waals surface area (Å²) in [7, 11) is 0. The van der Waals surface area contributed by atoms with Crippen molar-refractivity contribution in [3.63, 3.8) is 0 Å². The van der Waals surface area contributed by atoms with Gasteiger partial charge in [0.2, 0.25) is 0 Å². The molecule has 3 rings (SSSR count). The number of carbonyl (C=O) groups is 2. The average molecular weight is 318 g/mol. The van der Waals surface area contributed by atoms with Crippen LogP contribution >= 0.6 is 0 Å². The van der Waals surface area contributed by atoms with Crippen LogP contribution in [0.5, 0.6) is 11.5 Å². The molecule has 23 heavy (non-hydrogen) atoms. The maximum atomic E-state index is 12.1. The van der Waals surface area contributed by atoms with Gasteiger partial charge in [0.25, 0.3) is 0 Å². The molecular weight excluding hydrogens is 296 g/mol. The Morgan fingerprint density at radius 1 is 1.22 bits per heavy atom. The van der Waals surface area contributed by atoms with Crippen LogP contribution in [0.4, 0.5) is 0 Å². The second-order valence-corrected chi connectivity index (χ2v) is 6.34. The quantitative estimate of drug-likeness (QED) is 0.916. The summed E-state index contributed by atoms with van der Waals surface area (Å²) < 4.78 is 11.4. The number of carboxylic acids is 1. The molecule has 1 aliphatic heterocycles. The topological polar surface area (TPSA) is 72.8 Å². The minimum Gasteiger partial charge on any atom is -0.493 e. The van der Waals surface area contributed by atoms with E-state index in [1.54, 1.807) is 6.07 Å². The number of hydrogen-bond acceptors (Lipinski definition) is 4. The molecule has 0 bridgehead atoms. The van der Waals surface area contributed by atoms with Gasteiger partial charge in [0, 0.05) is 12.5 Å². The van der Waals surface area contributed by atoms with Crippen molar-refractivity contribution in [2.45, 2.75) is 44.9 Å². The van der Waals surface area contributed by atoms with Crippen molar-refractivity contribution >= 4 is 11.8 Å². The molecule has 0 unspecified atom stereocenters. The molecule has 0 saturated heterocycles. The highest BCUT2D eigenvalue weighted by Crippen LogP contribution is 2.33. The van der Waals surface area contributed by atoms with E-state index in [4.69, 9.17) is 9.47 Å². The Morgan fingerprint density at radius 3 is 2.74 bits per heavy atom. The first-order chi connectivity index (χ1) is 11.1. The number of carbonyl (C=O) groups excluding carboxylic acids is 1. The van der Waals surface area contributed by atoms with Gasteiger partial charge >= 0.3 is 5.97 Å². The Kier molecular flexibility index (Phi) is 4.84. The summed E-state index contributed by atoms with van der Waals surface area (Å²) >= 11 is 0. The predicted molar refractivity (Wildman–Crippen MR) is 84.5 cm³/mol. The summed E-state index contributed by atoms with van der Waals surface area (Å²) in [6.45, 7) is 0.986. The van der Waals surface area contributed by atoms with Crippen molar-refractivity contribution in [2.24, 2.45) is 5.92 Å². The molecular formula is C18H22O5. The SMILES string of the molecule is O=C(O)c1cc2c(cc1OCC1CCCCC1)OCCCC2=O. The second-order valence-electron chi connectivity index (χ2n) is 6.34. The van der Waals surface area contributed by atoms with Gasteiger partial charge in [-0.2, -0.15) is 0 Å². The zero-order valence-electron chi connectivity index (χ0n) is 13.2. The Bertz CT molecular complexity index is 602. The van der Waals surface area contributed by atoms with Crippen molar-refractivity contribution in [3.8, 4) is 11.5 Å². The van der Waals surface area contributed by atoms with E-state index in [-0.39, 0.29) is 11.3 Å². The highest BCUT2D eigenvalue weighted by atomic mass is 16.5. The average Bonchev–Trinajstić information content (AvgIpc) is 2.74. The Hall–Kier alpha value is -2.04. The largest absolute Gasteiger partial charge is 0.493 e. The van der Waals surface area contributed by atoms with E-state index in [1.807, 2.05) is 0 Å². The van der Waals surface area contributed by atoms with E-state index in [2.05, 4.69) is 0 Å². The highest BCUT2D eigenvalue weighted by molar-refractivity contribution is 6.02. The fourth-order valence-corrected chi connectivity index (χ4v) is 3.30. The van der Waals surface area contributed by atoms with Gasteiger partial charge in [-0.3, -0.25) is 4.79 Å². The molecule has 2 aliphatic rings. The number of fused-ring (bicyclic) bond motifs is 1. The van der Waals surface area contributed by atoms with Crippen LogP contribution in [-0.4, -0.2) is 30.1 Å². The summed E-state index contributed by atoms with van der Waals surface area (Å²) in [6, 6.07) is 2.98. The van der Waals surface area contributed by atoms with E-state index in [0.29, 0.717) is 49.0 Å². The van der Waals surface area contributed by atoms with Crippen molar-refractivity contribution in [1.29, 1.82) is 0 Å². The molecule has 1 aromatic rings. The van der Waals surface area contributed by atoms with E-state index in [9.17, 15) is 14.7 Å². The van der Waals surface area contributed by atoms with Crippen LogP contribution in [0.25, 0.3) is 0 Å². The smallest absolute Gasteiger partial charge is 0.339 e. The van der Waals surface area contributed by atoms with Gasteiger partial charge in [-0.05, 0) is 31.2 Å².